The van der Waals surface area contributed by atoms with Crippen molar-refractivity contribution in [1.29, 1.82) is 0 Å². The molecule has 0 aliphatic rings. The van der Waals surface area contributed by atoms with E-state index in [-0.39, 0.29) is 0 Å². The second-order valence-electron chi connectivity index (χ2n) is 4.07. The molecule has 0 aliphatic heterocycles. The summed E-state index contributed by atoms with van der Waals surface area (Å²) < 4.78 is 1.23. The highest BCUT2D eigenvalue weighted by atomic mass is 79.9. The fourth-order valence-electron chi connectivity index (χ4n) is 1.35. The molecule has 0 aromatic carbocycles. The number of alkyl halides is 1. The van der Waals surface area contributed by atoms with Crippen molar-refractivity contribution in [3.63, 3.8) is 0 Å². The lowest BCUT2D eigenvalue weighted by molar-refractivity contribution is 0.414. The van der Waals surface area contributed by atoms with E-state index in [0.29, 0.717) is 16.7 Å². The average molecular weight is 340 g/mol. The zero-order valence-electron chi connectivity index (χ0n) is 8.97. The monoisotopic (exact) mass is 338 g/mol. The Morgan fingerprint density at radius 1 is 1.29 bits per heavy atom. The highest BCUT2D eigenvalue weighted by Crippen LogP contribution is 2.40. The highest BCUT2D eigenvalue weighted by Gasteiger charge is 2.21. The van der Waals surface area contributed by atoms with Crippen LogP contribution in [0.1, 0.15) is 36.0 Å². The van der Waals surface area contributed by atoms with Crippen molar-refractivity contribution in [2.75, 3.05) is 0 Å². The molecular formula is C11H16Br2S. The summed E-state index contributed by atoms with van der Waals surface area (Å²) in [6.45, 7) is 9.03. The summed E-state index contributed by atoms with van der Waals surface area (Å²) in [6.07, 6.45) is 0. The van der Waals surface area contributed by atoms with Crippen LogP contribution in [-0.4, -0.2) is 0 Å². The number of thiophene rings is 1. The minimum absolute atomic E-state index is 0.477. The molecule has 0 aliphatic carbocycles. The Morgan fingerprint density at radius 3 is 2.21 bits per heavy atom. The first-order valence-corrected chi connectivity index (χ1v) is 7.36. The number of hydrogen-bond acceptors (Lipinski definition) is 1. The molecule has 0 fully saturated rings. The third kappa shape index (κ3) is 2.83. The van der Waals surface area contributed by atoms with E-state index >= 15 is 0 Å². The Bertz CT molecular complexity index is 304. The summed E-state index contributed by atoms with van der Waals surface area (Å²) in [7, 11) is 0. The molecule has 0 N–H and O–H groups in total. The quantitative estimate of drug-likeness (QED) is 0.633. The normalized spacial score (nSPS) is 15.9. The maximum atomic E-state index is 3.80. The highest BCUT2D eigenvalue weighted by molar-refractivity contribution is 9.11. The average Bonchev–Trinajstić information content (AvgIpc) is 2.42. The molecule has 0 spiro atoms. The van der Waals surface area contributed by atoms with Gasteiger partial charge in [-0.1, -0.05) is 36.7 Å². The Kier molecular flexibility index (Phi) is 4.66. The molecule has 0 saturated heterocycles. The van der Waals surface area contributed by atoms with Crippen LogP contribution in [0, 0.1) is 18.8 Å². The summed E-state index contributed by atoms with van der Waals surface area (Å²) >= 11 is 9.15. The lowest BCUT2D eigenvalue weighted by Crippen LogP contribution is -2.10. The van der Waals surface area contributed by atoms with E-state index in [0.717, 1.165) is 0 Å². The summed E-state index contributed by atoms with van der Waals surface area (Å²) in [5.74, 6) is 1.37. The molecule has 0 amide bonds. The van der Waals surface area contributed by atoms with Gasteiger partial charge in [-0.25, -0.2) is 0 Å². The largest absolute Gasteiger partial charge is 0.133 e. The molecule has 3 heteroatoms. The molecule has 2 atom stereocenters. The van der Waals surface area contributed by atoms with Gasteiger partial charge in [0, 0.05) is 9.70 Å². The van der Waals surface area contributed by atoms with Gasteiger partial charge in [0.15, 0.2) is 0 Å². The predicted molar refractivity (Wildman–Crippen MR) is 72.4 cm³/mol. The van der Waals surface area contributed by atoms with Crippen molar-refractivity contribution in [1.82, 2.24) is 0 Å². The van der Waals surface area contributed by atoms with E-state index in [4.69, 9.17) is 0 Å². The van der Waals surface area contributed by atoms with Crippen molar-refractivity contribution in [2.45, 2.75) is 32.5 Å². The van der Waals surface area contributed by atoms with E-state index in [1.807, 2.05) is 11.3 Å². The Hall–Kier alpha value is 0.660. The summed E-state index contributed by atoms with van der Waals surface area (Å²) in [6, 6.07) is 2.23. The van der Waals surface area contributed by atoms with Gasteiger partial charge in [0.25, 0.3) is 0 Å². The lowest BCUT2D eigenvalue weighted by atomic mass is 9.91. The molecule has 80 valence electrons. The Balaban J connectivity index is 2.88. The van der Waals surface area contributed by atoms with Crippen LogP contribution >= 0.6 is 43.2 Å². The molecule has 1 rings (SSSR count). The number of aryl methyl sites for hydroxylation is 1. The van der Waals surface area contributed by atoms with Crippen LogP contribution < -0.4 is 0 Å². The SMILES string of the molecule is Cc1sc(Br)cc1C(Br)C(C)C(C)C. The van der Waals surface area contributed by atoms with E-state index in [1.165, 1.54) is 14.2 Å². The second kappa shape index (κ2) is 5.13. The molecule has 2 unspecified atom stereocenters. The maximum absolute atomic E-state index is 3.80. The van der Waals surface area contributed by atoms with Crippen LogP contribution in [0.4, 0.5) is 0 Å². The Labute approximate surface area is 107 Å². The van der Waals surface area contributed by atoms with Crippen LogP contribution in [0.15, 0.2) is 9.85 Å². The summed E-state index contributed by atoms with van der Waals surface area (Å²) in [5.41, 5.74) is 1.43. The minimum atomic E-state index is 0.477. The number of halogens is 2. The fraction of sp³-hybridized carbons (Fsp3) is 0.636. The molecule has 1 aromatic heterocycles. The topological polar surface area (TPSA) is 0 Å². The van der Waals surface area contributed by atoms with E-state index < -0.39 is 0 Å². The molecule has 0 bridgehead atoms. The maximum Gasteiger partial charge on any atom is 0.0704 e. The van der Waals surface area contributed by atoms with Crippen LogP contribution in [0.2, 0.25) is 0 Å². The zero-order valence-corrected chi connectivity index (χ0v) is 13.0. The van der Waals surface area contributed by atoms with Crippen molar-refractivity contribution >= 4 is 43.2 Å². The third-order valence-electron chi connectivity index (χ3n) is 2.74. The minimum Gasteiger partial charge on any atom is -0.133 e. The number of hydrogen-bond donors (Lipinski definition) is 0. The first-order chi connectivity index (χ1) is 6.43. The lowest BCUT2D eigenvalue weighted by Gasteiger charge is -2.21. The third-order valence-corrected chi connectivity index (χ3v) is 5.63. The van der Waals surface area contributed by atoms with Crippen LogP contribution in [0.5, 0.6) is 0 Å². The van der Waals surface area contributed by atoms with Crippen molar-refractivity contribution in [2.24, 2.45) is 11.8 Å². The molecule has 1 aromatic rings. The molecule has 0 nitrogen and oxygen atoms in total. The van der Waals surface area contributed by atoms with Crippen molar-refractivity contribution in [3.8, 4) is 0 Å². The van der Waals surface area contributed by atoms with Gasteiger partial charge >= 0.3 is 0 Å². The molecule has 0 radical (unpaired) electrons. The number of rotatable bonds is 3. The van der Waals surface area contributed by atoms with Crippen LogP contribution in [-0.2, 0) is 0 Å². The van der Waals surface area contributed by atoms with Gasteiger partial charge in [-0.15, -0.1) is 11.3 Å². The van der Waals surface area contributed by atoms with Gasteiger partial charge in [0.05, 0.1) is 3.79 Å². The van der Waals surface area contributed by atoms with E-state index in [9.17, 15) is 0 Å². The smallest absolute Gasteiger partial charge is 0.0704 e. The van der Waals surface area contributed by atoms with Gasteiger partial charge in [-0.3, -0.25) is 0 Å². The fourth-order valence-corrected chi connectivity index (χ4v) is 4.35. The second-order valence-corrected chi connectivity index (χ2v) is 7.69. The molecule has 14 heavy (non-hydrogen) atoms. The van der Waals surface area contributed by atoms with Crippen LogP contribution in [0.3, 0.4) is 0 Å². The standard InChI is InChI=1S/C11H16Br2S/c1-6(2)7(3)11(13)9-5-10(12)14-8(9)4/h5-7,11H,1-4H3. The molecular weight excluding hydrogens is 324 g/mol. The van der Waals surface area contributed by atoms with Crippen LogP contribution in [0.25, 0.3) is 0 Å². The van der Waals surface area contributed by atoms with E-state index in [2.05, 4.69) is 65.6 Å². The summed E-state index contributed by atoms with van der Waals surface area (Å²) in [5, 5.41) is 0. The van der Waals surface area contributed by atoms with Gasteiger partial charge in [0.2, 0.25) is 0 Å². The van der Waals surface area contributed by atoms with E-state index in [1.54, 1.807) is 0 Å². The van der Waals surface area contributed by atoms with Gasteiger partial charge in [0.1, 0.15) is 0 Å². The zero-order chi connectivity index (χ0) is 10.9. The van der Waals surface area contributed by atoms with Crippen molar-refractivity contribution < 1.29 is 0 Å². The van der Waals surface area contributed by atoms with Gasteiger partial charge < -0.3 is 0 Å². The van der Waals surface area contributed by atoms with Gasteiger partial charge in [-0.05, 0) is 46.3 Å². The Morgan fingerprint density at radius 2 is 1.86 bits per heavy atom. The molecule has 0 saturated carbocycles. The summed E-state index contributed by atoms with van der Waals surface area (Å²) in [4.78, 5) is 1.89. The molecule has 1 heterocycles. The first-order valence-electron chi connectivity index (χ1n) is 4.83. The first kappa shape index (κ1) is 12.7. The van der Waals surface area contributed by atoms with Gasteiger partial charge in [-0.2, -0.15) is 0 Å². The van der Waals surface area contributed by atoms with Crippen molar-refractivity contribution in [3.05, 3.63) is 20.3 Å². The predicted octanol–water partition coefficient (Wildman–Crippen LogP) is 5.55.